The molecule has 7 heteroatoms. The quantitative estimate of drug-likeness (QED) is 0.462. The first-order chi connectivity index (χ1) is 15.6. The molecular weight excluding hydrogens is 404 g/mol. The Bertz CT molecular complexity index is 864. The highest BCUT2D eigenvalue weighted by atomic mass is 16.5. The van der Waals surface area contributed by atoms with Crippen molar-refractivity contribution in [3.63, 3.8) is 0 Å². The first kappa shape index (κ1) is 23.9. The molecule has 2 N–H and O–H groups in total. The first-order valence-electron chi connectivity index (χ1n) is 11.2. The first-order valence-corrected chi connectivity index (χ1v) is 11.2. The maximum Gasteiger partial charge on any atom is 0.191 e. The average Bonchev–Trinajstić information content (AvgIpc) is 2.84. The third-order valence-corrected chi connectivity index (χ3v) is 5.80. The van der Waals surface area contributed by atoms with Gasteiger partial charge >= 0.3 is 0 Å². The van der Waals surface area contributed by atoms with Gasteiger partial charge in [-0.05, 0) is 42.7 Å². The Labute approximate surface area is 191 Å². The van der Waals surface area contributed by atoms with Gasteiger partial charge in [0.2, 0.25) is 0 Å². The maximum absolute atomic E-state index is 5.56. The number of nitrogens with zero attached hydrogens (tertiary/aromatic N) is 2. The molecule has 32 heavy (non-hydrogen) atoms. The van der Waals surface area contributed by atoms with Crippen molar-refractivity contribution in [1.29, 1.82) is 0 Å². The normalized spacial score (nSPS) is 15.8. The number of hydrogen-bond donors (Lipinski definition) is 2. The van der Waals surface area contributed by atoms with Crippen LogP contribution in [0.25, 0.3) is 0 Å². The van der Waals surface area contributed by atoms with Gasteiger partial charge in [0.05, 0.1) is 33.5 Å². The average molecular weight is 441 g/mol. The monoisotopic (exact) mass is 440 g/mol. The van der Waals surface area contributed by atoms with E-state index in [1.54, 1.807) is 21.3 Å². The summed E-state index contributed by atoms with van der Waals surface area (Å²) in [6.07, 6.45) is 0.858. The zero-order valence-electron chi connectivity index (χ0n) is 19.7. The van der Waals surface area contributed by atoms with Gasteiger partial charge in [-0.15, -0.1) is 0 Å². The van der Waals surface area contributed by atoms with Crippen LogP contribution in [0.4, 0.5) is 0 Å². The van der Waals surface area contributed by atoms with Gasteiger partial charge < -0.3 is 24.8 Å². The van der Waals surface area contributed by atoms with E-state index >= 15 is 0 Å². The van der Waals surface area contributed by atoms with Crippen LogP contribution in [0.5, 0.6) is 11.5 Å². The van der Waals surface area contributed by atoms with Crippen molar-refractivity contribution in [3.8, 4) is 11.5 Å². The molecule has 0 spiro atoms. The van der Waals surface area contributed by atoms with Gasteiger partial charge in [0, 0.05) is 33.2 Å². The summed E-state index contributed by atoms with van der Waals surface area (Å²) in [5.41, 5.74) is 3.68. The van der Waals surface area contributed by atoms with Crippen molar-refractivity contribution >= 4 is 5.96 Å². The fourth-order valence-electron chi connectivity index (χ4n) is 4.01. The van der Waals surface area contributed by atoms with Crippen LogP contribution in [0, 0.1) is 6.92 Å². The predicted octanol–water partition coefficient (Wildman–Crippen LogP) is 2.79. The number of guanidine groups is 1. The molecule has 0 amide bonds. The molecule has 0 bridgehead atoms. The third kappa shape index (κ3) is 6.61. The van der Waals surface area contributed by atoms with Gasteiger partial charge in [0.25, 0.3) is 0 Å². The summed E-state index contributed by atoms with van der Waals surface area (Å²) < 4.78 is 16.4. The molecule has 3 rings (SSSR count). The number of methoxy groups -OCH3 is 2. The van der Waals surface area contributed by atoms with Crippen LogP contribution >= 0.6 is 0 Å². The number of nitrogens with one attached hydrogen (secondary N) is 2. The maximum atomic E-state index is 5.56. The smallest absolute Gasteiger partial charge is 0.191 e. The van der Waals surface area contributed by atoms with Crippen LogP contribution in [0.2, 0.25) is 0 Å². The Morgan fingerprint density at radius 3 is 2.47 bits per heavy atom. The molecule has 1 saturated heterocycles. The lowest BCUT2D eigenvalue weighted by Gasteiger charge is -2.35. The Kier molecular flexibility index (Phi) is 9.19. The summed E-state index contributed by atoms with van der Waals surface area (Å²) in [7, 11) is 5.21. The number of aryl methyl sites for hydroxylation is 1. The standard InChI is InChI=1S/C25H36N4O3/c1-19-5-10-24(31-4)21(17-19)11-12-27-25(26-2)28-18-23(29-13-15-32-16-14-29)20-6-8-22(30-3)9-7-20/h5-10,17,23H,11-16,18H2,1-4H3,(H2,26,27,28). The zero-order valence-corrected chi connectivity index (χ0v) is 19.7. The fourth-order valence-corrected chi connectivity index (χ4v) is 4.01. The van der Waals surface area contributed by atoms with Crippen LogP contribution in [0.15, 0.2) is 47.5 Å². The van der Waals surface area contributed by atoms with Gasteiger partial charge in [-0.25, -0.2) is 0 Å². The fraction of sp³-hybridized carbons (Fsp3) is 0.480. The van der Waals surface area contributed by atoms with Crippen molar-refractivity contribution < 1.29 is 14.2 Å². The van der Waals surface area contributed by atoms with Crippen LogP contribution in [0.3, 0.4) is 0 Å². The second-order valence-electron chi connectivity index (χ2n) is 7.88. The summed E-state index contributed by atoms with van der Waals surface area (Å²) >= 11 is 0. The van der Waals surface area contributed by atoms with Crippen LogP contribution < -0.4 is 20.1 Å². The lowest BCUT2D eigenvalue weighted by atomic mass is 10.0. The Morgan fingerprint density at radius 1 is 1.06 bits per heavy atom. The van der Waals surface area contributed by atoms with Crippen molar-refractivity contribution in [2.75, 3.05) is 60.7 Å². The molecule has 0 aliphatic carbocycles. The van der Waals surface area contributed by atoms with E-state index in [-0.39, 0.29) is 6.04 Å². The third-order valence-electron chi connectivity index (χ3n) is 5.80. The molecule has 2 aromatic rings. The molecule has 1 heterocycles. The summed E-state index contributed by atoms with van der Waals surface area (Å²) in [6.45, 7) is 6.97. The van der Waals surface area contributed by atoms with Gasteiger partial charge in [0.15, 0.2) is 5.96 Å². The second-order valence-corrected chi connectivity index (χ2v) is 7.88. The van der Waals surface area contributed by atoms with Crippen molar-refractivity contribution in [3.05, 3.63) is 59.2 Å². The highest BCUT2D eigenvalue weighted by Crippen LogP contribution is 2.24. The van der Waals surface area contributed by atoms with E-state index in [1.807, 2.05) is 18.2 Å². The molecule has 0 aromatic heterocycles. The van der Waals surface area contributed by atoms with E-state index in [1.165, 1.54) is 16.7 Å². The lowest BCUT2D eigenvalue weighted by molar-refractivity contribution is 0.0170. The van der Waals surface area contributed by atoms with Gasteiger partial charge in [-0.3, -0.25) is 9.89 Å². The van der Waals surface area contributed by atoms with Crippen molar-refractivity contribution in [2.45, 2.75) is 19.4 Å². The predicted molar refractivity (Wildman–Crippen MR) is 129 cm³/mol. The molecule has 1 aliphatic rings. The lowest BCUT2D eigenvalue weighted by Crippen LogP contribution is -2.46. The summed E-state index contributed by atoms with van der Waals surface area (Å²) in [5, 5.41) is 6.95. The van der Waals surface area contributed by atoms with E-state index in [4.69, 9.17) is 14.2 Å². The molecule has 1 unspecified atom stereocenters. The molecule has 1 aliphatic heterocycles. The summed E-state index contributed by atoms with van der Waals surface area (Å²) in [5.74, 6) is 2.59. The van der Waals surface area contributed by atoms with Crippen molar-refractivity contribution in [2.24, 2.45) is 4.99 Å². The minimum atomic E-state index is 0.222. The van der Waals surface area contributed by atoms with E-state index < -0.39 is 0 Å². The number of rotatable bonds is 9. The molecule has 7 nitrogen and oxygen atoms in total. The molecular formula is C25H36N4O3. The van der Waals surface area contributed by atoms with Gasteiger partial charge in [-0.1, -0.05) is 29.8 Å². The van der Waals surface area contributed by atoms with E-state index in [0.717, 1.165) is 63.3 Å². The molecule has 1 atom stereocenters. The van der Waals surface area contributed by atoms with Crippen LogP contribution in [-0.4, -0.2) is 71.5 Å². The second kappa shape index (κ2) is 12.3. The van der Waals surface area contributed by atoms with Crippen molar-refractivity contribution in [1.82, 2.24) is 15.5 Å². The molecule has 174 valence electrons. The van der Waals surface area contributed by atoms with E-state index in [2.05, 4.69) is 51.7 Å². The summed E-state index contributed by atoms with van der Waals surface area (Å²) in [4.78, 5) is 6.88. The zero-order chi connectivity index (χ0) is 22.8. The Morgan fingerprint density at radius 2 is 1.81 bits per heavy atom. The Balaban J connectivity index is 1.60. The minimum absolute atomic E-state index is 0.222. The molecule has 2 aromatic carbocycles. The number of ether oxygens (including phenoxy) is 3. The van der Waals surface area contributed by atoms with Crippen LogP contribution in [0.1, 0.15) is 22.7 Å². The molecule has 0 saturated carbocycles. The topological polar surface area (TPSA) is 67.4 Å². The number of benzene rings is 2. The summed E-state index contributed by atoms with van der Waals surface area (Å²) in [6, 6.07) is 14.8. The van der Waals surface area contributed by atoms with E-state index in [9.17, 15) is 0 Å². The van der Waals surface area contributed by atoms with E-state index in [0.29, 0.717) is 0 Å². The van der Waals surface area contributed by atoms with Gasteiger partial charge in [-0.2, -0.15) is 0 Å². The van der Waals surface area contributed by atoms with Crippen LogP contribution in [-0.2, 0) is 11.2 Å². The number of hydrogen-bond acceptors (Lipinski definition) is 5. The highest BCUT2D eigenvalue weighted by Gasteiger charge is 2.23. The highest BCUT2D eigenvalue weighted by molar-refractivity contribution is 5.79. The SMILES string of the molecule is CN=C(NCCc1cc(C)ccc1OC)NCC(c1ccc(OC)cc1)N1CCOCC1. The largest absolute Gasteiger partial charge is 0.497 e. The minimum Gasteiger partial charge on any atom is -0.497 e. The number of aliphatic imine (C=N–C) groups is 1. The number of morpholine rings is 1. The Hall–Kier alpha value is -2.77. The molecule has 0 radical (unpaired) electrons. The van der Waals surface area contributed by atoms with Gasteiger partial charge in [0.1, 0.15) is 11.5 Å². The molecule has 1 fully saturated rings.